The first kappa shape index (κ1) is 11.0. The Morgan fingerprint density at radius 1 is 1.33 bits per heavy atom. The van der Waals surface area contributed by atoms with E-state index in [1.54, 1.807) is 19.2 Å². The Bertz CT molecular complexity index is 747. The van der Waals surface area contributed by atoms with Crippen molar-refractivity contribution in [2.24, 2.45) is 0 Å². The van der Waals surface area contributed by atoms with Crippen LogP contribution in [0, 0.1) is 0 Å². The van der Waals surface area contributed by atoms with Gasteiger partial charge in [-0.05, 0) is 23.6 Å². The molecule has 18 heavy (non-hydrogen) atoms. The van der Waals surface area contributed by atoms with E-state index < -0.39 is 0 Å². The number of ether oxygens (including phenoxy) is 1. The third-order valence-electron chi connectivity index (χ3n) is 2.65. The zero-order chi connectivity index (χ0) is 12.5. The smallest absolute Gasteiger partial charge is 0.275 e. The number of rotatable bonds is 2. The van der Waals surface area contributed by atoms with E-state index in [1.165, 1.54) is 11.3 Å². The van der Waals surface area contributed by atoms with Crippen molar-refractivity contribution in [3.8, 4) is 16.3 Å². The summed E-state index contributed by atoms with van der Waals surface area (Å²) in [4.78, 5) is 20.0. The molecule has 4 nitrogen and oxygen atoms in total. The lowest BCUT2D eigenvalue weighted by Gasteiger charge is -2.03. The predicted octanol–water partition coefficient (Wildman–Crippen LogP) is 2.66. The minimum Gasteiger partial charge on any atom is -0.497 e. The molecule has 0 unspecified atom stereocenters. The summed E-state index contributed by atoms with van der Waals surface area (Å²) in [7, 11) is 1.60. The van der Waals surface area contributed by atoms with Crippen LogP contribution in [0.3, 0.4) is 0 Å². The molecule has 0 aliphatic carbocycles. The average molecular weight is 258 g/mol. The van der Waals surface area contributed by atoms with Crippen LogP contribution >= 0.6 is 11.3 Å². The minimum atomic E-state index is -0.171. The van der Waals surface area contributed by atoms with E-state index in [2.05, 4.69) is 9.97 Å². The first-order valence-electron chi connectivity index (χ1n) is 5.40. The van der Waals surface area contributed by atoms with Crippen LogP contribution in [0.5, 0.6) is 5.75 Å². The average Bonchev–Trinajstić information content (AvgIpc) is 2.91. The zero-order valence-corrected chi connectivity index (χ0v) is 10.5. The van der Waals surface area contributed by atoms with Crippen molar-refractivity contribution >= 4 is 22.4 Å². The monoisotopic (exact) mass is 258 g/mol. The van der Waals surface area contributed by atoms with Gasteiger partial charge >= 0.3 is 0 Å². The van der Waals surface area contributed by atoms with Gasteiger partial charge in [-0.2, -0.15) is 0 Å². The molecular weight excluding hydrogens is 248 g/mol. The molecule has 0 radical (unpaired) electrons. The number of nitrogens with one attached hydrogen (secondary N) is 1. The molecule has 90 valence electrons. The highest BCUT2D eigenvalue weighted by Crippen LogP contribution is 2.22. The highest BCUT2D eigenvalue weighted by molar-refractivity contribution is 7.13. The summed E-state index contributed by atoms with van der Waals surface area (Å²) in [6.45, 7) is 0. The number of benzene rings is 1. The minimum absolute atomic E-state index is 0.171. The quantitative estimate of drug-likeness (QED) is 0.768. The van der Waals surface area contributed by atoms with Gasteiger partial charge < -0.3 is 9.72 Å². The maximum absolute atomic E-state index is 11.9. The molecule has 1 N–H and O–H groups in total. The first-order chi connectivity index (χ1) is 8.78. The van der Waals surface area contributed by atoms with Crippen LogP contribution in [-0.2, 0) is 0 Å². The van der Waals surface area contributed by atoms with Crippen LogP contribution in [0.2, 0.25) is 0 Å². The molecule has 0 saturated heterocycles. The SMILES string of the molecule is COc1ccc2[nH]c(=O)c(-c3cccs3)nc2c1. The second-order valence-electron chi connectivity index (χ2n) is 3.77. The Kier molecular flexibility index (Phi) is 2.60. The van der Waals surface area contributed by atoms with Gasteiger partial charge in [0.1, 0.15) is 11.4 Å². The van der Waals surface area contributed by atoms with E-state index >= 15 is 0 Å². The van der Waals surface area contributed by atoms with Crippen molar-refractivity contribution in [1.29, 1.82) is 0 Å². The van der Waals surface area contributed by atoms with Gasteiger partial charge in [-0.15, -0.1) is 11.3 Å². The molecule has 0 spiro atoms. The van der Waals surface area contributed by atoms with Gasteiger partial charge in [0.05, 0.1) is 23.0 Å². The van der Waals surface area contributed by atoms with Crippen molar-refractivity contribution in [2.75, 3.05) is 7.11 Å². The number of hydrogen-bond acceptors (Lipinski definition) is 4. The molecular formula is C13H10N2O2S. The lowest BCUT2D eigenvalue weighted by Crippen LogP contribution is -2.10. The fourth-order valence-corrected chi connectivity index (χ4v) is 2.48. The molecule has 3 rings (SSSR count). The lowest BCUT2D eigenvalue weighted by atomic mass is 10.2. The number of aromatic amines is 1. The molecule has 0 aliphatic heterocycles. The molecule has 0 saturated carbocycles. The van der Waals surface area contributed by atoms with Crippen LogP contribution < -0.4 is 10.3 Å². The number of hydrogen-bond donors (Lipinski definition) is 1. The molecule has 0 atom stereocenters. The summed E-state index contributed by atoms with van der Waals surface area (Å²) in [6, 6.07) is 9.18. The third kappa shape index (κ3) is 1.78. The van der Waals surface area contributed by atoms with Gasteiger partial charge in [-0.25, -0.2) is 4.98 Å². The van der Waals surface area contributed by atoms with Crippen molar-refractivity contribution < 1.29 is 4.74 Å². The summed E-state index contributed by atoms with van der Waals surface area (Å²) in [5.74, 6) is 0.721. The molecule has 3 aromatic rings. The molecule has 0 bridgehead atoms. The second-order valence-corrected chi connectivity index (χ2v) is 4.72. The van der Waals surface area contributed by atoms with Crippen LogP contribution in [-0.4, -0.2) is 17.1 Å². The van der Waals surface area contributed by atoms with Crippen LogP contribution in [0.25, 0.3) is 21.6 Å². The van der Waals surface area contributed by atoms with Crippen molar-refractivity contribution in [2.45, 2.75) is 0 Å². The van der Waals surface area contributed by atoms with E-state index in [9.17, 15) is 4.79 Å². The summed E-state index contributed by atoms with van der Waals surface area (Å²) < 4.78 is 5.15. The number of nitrogens with zero attached hydrogens (tertiary/aromatic N) is 1. The fourth-order valence-electron chi connectivity index (χ4n) is 1.77. The first-order valence-corrected chi connectivity index (χ1v) is 6.28. The molecule has 5 heteroatoms. The van der Waals surface area contributed by atoms with Gasteiger partial charge in [-0.3, -0.25) is 4.79 Å². The molecule has 1 aromatic carbocycles. The van der Waals surface area contributed by atoms with Crippen molar-refractivity contribution in [3.05, 3.63) is 46.1 Å². The molecule has 0 aliphatic rings. The standard InChI is InChI=1S/C13H10N2O2S/c1-17-8-4-5-9-10(7-8)14-12(13(16)15-9)11-3-2-6-18-11/h2-7H,1H3,(H,15,16). The topological polar surface area (TPSA) is 55.0 Å². The largest absolute Gasteiger partial charge is 0.497 e. The number of H-pyrrole nitrogens is 1. The van der Waals surface area contributed by atoms with Gasteiger partial charge in [0.25, 0.3) is 5.56 Å². The van der Waals surface area contributed by atoms with Crippen LogP contribution in [0.4, 0.5) is 0 Å². The Balaban J connectivity index is 2.28. The summed E-state index contributed by atoms with van der Waals surface area (Å²) in [5.41, 5.74) is 1.71. The van der Waals surface area contributed by atoms with E-state index in [0.717, 1.165) is 16.1 Å². The lowest BCUT2D eigenvalue weighted by molar-refractivity contribution is 0.415. The van der Waals surface area contributed by atoms with E-state index in [1.807, 2.05) is 23.6 Å². The maximum Gasteiger partial charge on any atom is 0.275 e. The molecule has 2 heterocycles. The van der Waals surface area contributed by atoms with Crippen LogP contribution in [0.15, 0.2) is 40.5 Å². The summed E-state index contributed by atoms with van der Waals surface area (Å²) >= 11 is 1.49. The van der Waals surface area contributed by atoms with Crippen molar-refractivity contribution in [1.82, 2.24) is 9.97 Å². The number of thiophene rings is 1. The third-order valence-corrected chi connectivity index (χ3v) is 3.53. The fraction of sp³-hybridized carbons (Fsp3) is 0.0769. The van der Waals surface area contributed by atoms with E-state index in [-0.39, 0.29) is 5.56 Å². The van der Waals surface area contributed by atoms with Gasteiger partial charge in [0.15, 0.2) is 0 Å². The van der Waals surface area contributed by atoms with Crippen LogP contribution in [0.1, 0.15) is 0 Å². The highest BCUT2D eigenvalue weighted by Gasteiger charge is 2.08. The Labute approximate surface area is 107 Å². The summed E-state index contributed by atoms with van der Waals surface area (Å²) in [5, 5.41) is 1.92. The molecule has 2 aromatic heterocycles. The van der Waals surface area contributed by atoms with E-state index in [0.29, 0.717) is 11.2 Å². The molecule has 0 amide bonds. The Hall–Kier alpha value is -2.14. The number of aromatic nitrogens is 2. The highest BCUT2D eigenvalue weighted by atomic mass is 32.1. The van der Waals surface area contributed by atoms with Gasteiger partial charge in [-0.1, -0.05) is 6.07 Å². The van der Waals surface area contributed by atoms with Gasteiger partial charge in [0.2, 0.25) is 0 Å². The van der Waals surface area contributed by atoms with Gasteiger partial charge in [0, 0.05) is 6.07 Å². The second kappa shape index (κ2) is 4.27. The van der Waals surface area contributed by atoms with Crippen molar-refractivity contribution in [3.63, 3.8) is 0 Å². The zero-order valence-electron chi connectivity index (χ0n) is 9.64. The molecule has 0 fully saturated rings. The normalized spacial score (nSPS) is 10.7. The summed E-state index contributed by atoms with van der Waals surface area (Å²) in [6.07, 6.45) is 0. The Morgan fingerprint density at radius 3 is 2.94 bits per heavy atom. The number of methoxy groups -OCH3 is 1. The maximum atomic E-state index is 11.9. The van der Waals surface area contributed by atoms with E-state index in [4.69, 9.17) is 4.74 Å². The predicted molar refractivity (Wildman–Crippen MR) is 72.2 cm³/mol. The number of fused-ring (bicyclic) bond motifs is 1. The Morgan fingerprint density at radius 2 is 2.22 bits per heavy atom.